The van der Waals surface area contributed by atoms with E-state index < -0.39 is 5.60 Å². The molecule has 0 aliphatic carbocycles. The molecule has 0 bridgehead atoms. The molecule has 0 aromatic rings. The lowest BCUT2D eigenvalue weighted by Gasteiger charge is -2.56. The van der Waals surface area contributed by atoms with Crippen molar-refractivity contribution in [1.29, 1.82) is 0 Å². The molecule has 0 fully saturated rings. The van der Waals surface area contributed by atoms with Crippen LogP contribution in [0, 0.1) is 10.8 Å². The molecule has 0 saturated heterocycles. The van der Waals surface area contributed by atoms with Gasteiger partial charge in [0.15, 0.2) is 0 Å². The van der Waals surface area contributed by atoms with Gasteiger partial charge in [0.25, 0.3) is 0 Å². The van der Waals surface area contributed by atoms with E-state index in [9.17, 15) is 5.11 Å². The van der Waals surface area contributed by atoms with Crippen molar-refractivity contribution in [2.75, 3.05) is 6.26 Å². The van der Waals surface area contributed by atoms with Crippen LogP contribution in [0.1, 0.15) is 55.4 Å². The van der Waals surface area contributed by atoms with Crippen LogP contribution in [0.5, 0.6) is 0 Å². The zero-order chi connectivity index (χ0) is 12.7. The molecule has 92 valence electrons. The third-order valence-corrected chi connectivity index (χ3v) is 6.64. The number of hydrogen-bond donors (Lipinski definition) is 1. The Morgan fingerprint density at radius 1 is 0.733 bits per heavy atom. The van der Waals surface area contributed by atoms with Gasteiger partial charge in [-0.05, 0) is 30.9 Å². The summed E-state index contributed by atoms with van der Waals surface area (Å²) in [6.07, 6.45) is 2.14. The maximum atomic E-state index is 10.3. The van der Waals surface area contributed by atoms with Crippen LogP contribution >= 0.6 is 11.8 Å². The summed E-state index contributed by atoms with van der Waals surface area (Å²) in [4.78, 5) is 0. The second kappa shape index (κ2) is 3.96. The molecule has 0 heterocycles. The molecular formula is C13H28OS. The molecule has 0 aromatic heterocycles. The summed E-state index contributed by atoms with van der Waals surface area (Å²) in [5.41, 5.74) is -0.784. The quantitative estimate of drug-likeness (QED) is 0.792. The smallest absolute Gasteiger partial charge is 0.0648 e. The van der Waals surface area contributed by atoms with Crippen molar-refractivity contribution >= 4 is 11.8 Å². The maximum absolute atomic E-state index is 10.3. The largest absolute Gasteiger partial charge is 0.390 e. The molecule has 0 rings (SSSR count). The summed E-state index contributed by atoms with van der Waals surface area (Å²) in [7, 11) is 0. The van der Waals surface area contributed by atoms with Gasteiger partial charge >= 0.3 is 0 Å². The molecule has 0 unspecified atom stereocenters. The molecule has 0 aromatic carbocycles. The zero-order valence-electron chi connectivity index (χ0n) is 11.9. The van der Waals surface area contributed by atoms with Gasteiger partial charge in [0.1, 0.15) is 0 Å². The molecule has 0 saturated carbocycles. The Bertz CT molecular complexity index is 221. The summed E-state index contributed by atoms with van der Waals surface area (Å²) in [5.74, 6) is 0. The fourth-order valence-corrected chi connectivity index (χ4v) is 2.54. The summed E-state index contributed by atoms with van der Waals surface area (Å²) in [6, 6.07) is 0. The van der Waals surface area contributed by atoms with Crippen molar-refractivity contribution in [2.45, 2.75) is 65.7 Å². The Morgan fingerprint density at radius 2 is 1.07 bits per heavy atom. The average molecular weight is 232 g/mol. The first-order valence-electron chi connectivity index (χ1n) is 5.59. The molecule has 2 heteroatoms. The number of rotatable bonds is 4. The Kier molecular flexibility index (Phi) is 4.04. The van der Waals surface area contributed by atoms with Crippen LogP contribution in [0.15, 0.2) is 0 Å². The van der Waals surface area contributed by atoms with E-state index >= 15 is 0 Å². The van der Waals surface area contributed by atoms with Crippen LogP contribution < -0.4 is 0 Å². The Labute approximate surface area is 100 Å². The molecular weight excluding hydrogens is 204 g/mol. The molecule has 1 nitrogen and oxygen atoms in total. The highest BCUT2D eigenvalue weighted by Crippen LogP contribution is 2.56. The van der Waals surface area contributed by atoms with E-state index in [1.807, 2.05) is 25.6 Å². The molecule has 0 aliphatic rings. The van der Waals surface area contributed by atoms with E-state index in [2.05, 4.69) is 47.8 Å². The van der Waals surface area contributed by atoms with E-state index in [0.29, 0.717) is 0 Å². The summed E-state index contributed by atoms with van der Waals surface area (Å²) in [5, 5.41) is 10.3. The van der Waals surface area contributed by atoms with Gasteiger partial charge in [-0.3, -0.25) is 0 Å². The molecule has 0 amide bonds. The van der Waals surface area contributed by atoms with Crippen molar-refractivity contribution in [3.05, 3.63) is 0 Å². The predicted molar refractivity (Wildman–Crippen MR) is 71.5 cm³/mol. The second-order valence-electron chi connectivity index (χ2n) is 6.52. The van der Waals surface area contributed by atoms with Gasteiger partial charge in [0.05, 0.1) is 5.60 Å². The third-order valence-electron chi connectivity index (χ3n) is 5.11. The Morgan fingerprint density at radius 3 is 1.27 bits per heavy atom. The lowest BCUT2D eigenvalue weighted by Crippen LogP contribution is -2.56. The Hall–Kier alpha value is 0.310. The highest BCUT2D eigenvalue weighted by atomic mass is 32.2. The van der Waals surface area contributed by atoms with Gasteiger partial charge < -0.3 is 5.11 Å². The van der Waals surface area contributed by atoms with E-state index in [0.717, 1.165) is 0 Å². The molecule has 0 spiro atoms. The molecule has 0 aliphatic heterocycles. The minimum Gasteiger partial charge on any atom is -0.390 e. The predicted octanol–water partition coefficient (Wildman–Crippen LogP) is 3.95. The third kappa shape index (κ3) is 2.36. The van der Waals surface area contributed by atoms with Crippen LogP contribution in [-0.2, 0) is 0 Å². The minimum atomic E-state index is -0.677. The summed E-state index contributed by atoms with van der Waals surface area (Å²) < 4.78 is 0.135. The first kappa shape index (κ1) is 15.3. The minimum absolute atomic E-state index is 0.0394. The van der Waals surface area contributed by atoms with E-state index in [1.165, 1.54) is 0 Å². The summed E-state index contributed by atoms with van der Waals surface area (Å²) >= 11 is 1.87. The average Bonchev–Trinajstić information content (AvgIpc) is 2.01. The fourth-order valence-electron chi connectivity index (χ4n) is 1.77. The normalized spacial score (nSPS) is 15.6. The summed E-state index contributed by atoms with van der Waals surface area (Å²) in [6.45, 7) is 17.1. The lowest BCUT2D eigenvalue weighted by atomic mass is 9.55. The van der Waals surface area contributed by atoms with Crippen LogP contribution in [0.25, 0.3) is 0 Å². The van der Waals surface area contributed by atoms with Gasteiger partial charge in [0, 0.05) is 4.75 Å². The monoisotopic (exact) mass is 232 g/mol. The molecule has 0 atom stereocenters. The first-order chi connectivity index (χ1) is 6.31. The van der Waals surface area contributed by atoms with Crippen molar-refractivity contribution in [1.82, 2.24) is 0 Å². The SMILES string of the molecule is CSC(C)(C)C(C)(C)C(C)(C)C(C)(C)O. The van der Waals surface area contributed by atoms with Crippen molar-refractivity contribution < 1.29 is 5.11 Å². The van der Waals surface area contributed by atoms with Gasteiger partial charge in [0.2, 0.25) is 0 Å². The maximum Gasteiger partial charge on any atom is 0.0648 e. The molecule has 1 N–H and O–H groups in total. The van der Waals surface area contributed by atoms with Crippen LogP contribution in [-0.4, -0.2) is 21.7 Å². The van der Waals surface area contributed by atoms with Crippen LogP contribution in [0.2, 0.25) is 0 Å². The van der Waals surface area contributed by atoms with Gasteiger partial charge in [-0.15, -0.1) is 0 Å². The van der Waals surface area contributed by atoms with E-state index in [1.54, 1.807) is 0 Å². The van der Waals surface area contributed by atoms with Gasteiger partial charge in [-0.2, -0.15) is 11.8 Å². The van der Waals surface area contributed by atoms with Crippen molar-refractivity contribution in [3.8, 4) is 0 Å². The highest BCUT2D eigenvalue weighted by molar-refractivity contribution is 8.00. The highest BCUT2D eigenvalue weighted by Gasteiger charge is 2.53. The second-order valence-corrected chi connectivity index (χ2v) is 7.95. The lowest BCUT2D eigenvalue weighted by molar-refractivity contribution is -0.111. The standard InChI is InChI=1S/C13H28OS/c1-10(2,12(5,6)14)11(3,4)13(7,8)15-9/h14H,1-9H3. The molecule has 0 radical (unpaired) electrons. The fraction of sp³-hybridized carbons (Fsp3) is 1.00. The zero-order valence-corrected chi connectivity index (χ0v) is 12.7. The van der Waals surface area contributed by atoms with E-state index in [4.69, 9.17) is 0 Å². The van der Waals surface area contributed by atoms with E-state index in [-0.39, 0.29) is 15.6 Å². The van der Waals surface area contributed by atoms with Crippen molar-refractivity contribution in [3.63, 3.8) is 0 Å². The van der Waals surface area contributed by atoms with Crippen LogP contribution in [0.4, 0.5) is 0 Å². The van der Waals surface area contributed by atoms with Crippen molar-refractivity contribution in [2.24, 2.45) is 10.8 Å². The number of hydrogen-bond acceptors (Lipinski definition) is 2. The van der Waals surface area contributed by atoms with Crippen LogP contribution in [0.3, 0.4) is 0 Å². The number of aliphatic hydroxyl groups is 1. The topological polar surface area (TPSA) is 20.2 Å². The van der Waals surface area contributed by atoms with Gasteiger partial charge in [-0.25, -0.2) is 0 Å². The Balaban J connectivity index is 5.38. The number of thioether (sulfide) groups is 1. The first-order valence-corrected chi connectivity index (χ1v) is 6.81. The molecule has 15 heavy (non-hydrogen) atoms. The van der Waals surface area contributed by atoms with Gasteiger partial charge in [-0.1, -0.05) is 41.5 Å².